The number of hydrogen-bond donors (Lipinski definition) is 1. The van der Waals surface area contributed by atoms with Crippen molar-refractivity contribution < 1.29 is 4.74 Å². The summed E-state index contributed by atoms with van der Waals surface area (Å²) < 4.78 is 7.45. The predicted molar refractivity (Wildman–Crippen MR) is 140 cm³/mol. The maximum atomic E-state index is 7.45. The van der Waals surface area contributed by atoms with Crippen molar-refractivity contribution in [1.29, 1.82) is 0 Å². The summed E-state index contributed by atoms with van der Waals surface area (Å²) in [5.74, 6) is 1.23. The lowest BCUT2D eigenvalue weighted by Crippen LogP contribution is -2.55. The van der Waals surface area contributed by atoms with E-state index in [1.165, 1.54) is 66.9 Å². The van der Waals surface area contributed by atoms with Crippen LogP contribution in [0.5, 0.6) is 0 Å². The van der Waals surface area contributed by atoms with E-state index in [0.717, 1.165) is 6.42 Å². The fraction of sp³-hybridized carbons (Fsp3) is 0.562. The molecule has 2 bridgehead atoms. The summed E-state index contributed by atoms with van der Waals surface area (Å²) in [6.07, 6.45) is 15.0. The molecule has 1 saturated heterocycles. The molecule has 2 heterocycles. The normalized spacial score (nSPS) is 40.5. The van der Waals surface area contributed by atoms with Crippen LogP contribution in [0.25, 0.3) is 10.8 Å². The molecule has 2 aromatic rings. The number of hydrogen-bond acceptors (Lipinski definition) is 2. The topological polar surface area (TPSA) is 21.3 Å². The van der Waals surface area contributed by atoms with Gasteiger partial charge < -0.3 is 10.1 Å². The van der Waals surface area contributed by atoms with Gasteiger partial charge in [-0.3, -0.25) is 0 Å². The molecule has 7 rings (SSSR count). The van der Waals surface area contributed by atoms with Gasteiger partial charge in [0.2, 0.25) is 0 Å². The number of benzene rings is 2. The maximum Gasteiger partial charge on any atom is 0.0974 e. The molecule has 34 heavy (non-hydrogen) atoms. The molecule has 1 N–H and O–H groups in total. The summed E-state index contributed by atoms with van der Waals surface area (Å²) in [6, 6.07) is 17.2. The number of rotatable bonds is 3. The van der Waals surface area contributed by atoms with Crippen LogP contribution in [-0.2, 0) is 4.74 Å². The van der Waals surface area contributed by atoms with Crippen LogP contribution >= 0.6 is 0 Å². The van der Waals surface area contributed by atoms with Crippen LogP contribution in [0.2, 0.25) is 0 Å². The summed E-state index contributed by atoms with van der Waals surface area (Å²) in [5, 5.41) is 6.57. The Morgan fingerprint density at radius 1 is 1.00 bits per heavy atom. The van der Waals surface area contributed by atoms with Crippen molar-refractivity contribution in [3.63, 3.8) is 0 Å². The second kappa shape index (κ2) is 7.31. The molecule has 2 aliphatic heterocycles. The third-order valence-electron chi connectivity index (χ3n) is 10.4. The Kier molecular flexibility index (Phi) is 4.60. The first-order valence-corrected chi connectivity index (χ1v) is 13.8. The average molecular weight is 454 g/mol. The van der Waals surface area contributed by atoms with Gasteiger partial charge in [0.15, 0.2) is 0 Å². The van der Waals surface area contributed by atoms with Gasteiger partial charge in [-0.15, -0.1) is 0 Å². The molecule has 3 fully saturated rings. The highest BCUT2D eigenvalue weighted by Gasteiger charge is 2.66. The van der Waals surface area contributed by atoms with Gasteiger partial charge in [-0.1, -0.05) is 75.4 Å². The Morgan fingerprint density at radius 2 is 1.85 bits per heavy atom. The highest BCUT2D eigenvalue weighted by atomic mass is 16.5. The Morgan fingerprint density at radius 3 is 2.71 bits per heavy atom. The minimum absolute atomic E-state index is 0.0125. The summed E-state index contributed by atoms with van der Waals surface area (Å²) >= 11 is 0. The van der Waals surface area contributed by atoms with E-state index in [0.29, 0.717) is 23.9 Å². The van der Waals surface area contributed by atoms with Gasteiger partial charge in [-0.05, 0) is 96.1 Å². The molecule has 2 nitrogen and oxygen atoms in total. The molecule has 0 radical (unpaired) electrons. The van der Waals surface area contributed by atoms with Crippen molar-refractivity contribution in [2.75, 3.05) is 0 Å². The molecule has 6 atom stereocenters. The van der Waals surface area contributed by atoms with E-state index in [9.17, 15) is 0 Å². The average Bonchev–Trinajstić information content (AvgIpc) is 3.33. The van der Waals surface area contributed by atoms with Crippen LogP contribution < -0.4 is 5.32 Å². The predicted octanol–water partition coefficient (Wildman–Crippen LogP) is 7.45. The molecule has 0 amide bonds. The smallest absolute Gasteiger partial charge is 0.0974 e. The van der Waals surface area contributed by atoms with Gasteiger partial charge in [0.05, 0.1) is 11.2 Å². The molecule has 2 aromatic carbocycles. The van der Waals surface area contributed by atoms with Crippen LogP contribution in [0, 0.1) is 11.3 Å². The molecule has 2 spiro atoms. The lowest BCUT2D eigenvalue weighted by Gasteiger charge is -2.54. The molecule has 3 aliphatic carbocycles. The first kappa shape index (κ1) is 21.4. The SMILES string of the molecule is CC(C)N[C@@H]1CCC2=CC3=CC[C@]4(C)[C@@H](c5ccc6ccccc6c5)CC[C@H]4[C@@]34CC[C@]2(C1)O4. The molecular weight excluding hydrogens is 414 g/mol. The van der Waals surface area contributed by atoms with Crippen molar-refractivity contribution in [2.24, 2.45) is 11.3 Å². The zero-order chi connectivity index (χ0) is 23.1. The van der Waals surface area contributed by atoms with Crippen molar-refractivity contribution >= 4 is 10.8 Å². The van der Waals surface area contributed by atoms with Gasteiger partial charge >= 0.3 is 0 Å². The Labute approximate surface area is 204 Å². The lowest BCUT2D eigenvalue weighted by molar-refractivity contribution is -0.136. The highest BCUT2D eigenvalue weighted by Crippen LogP contribution is 2.69. The van der Waals surface area contributed by atoms with E-state index < -0.39 is 0 Å². The third kappa shape index (κ3) is 2.88. The van der Waals surface area contributed by atoms with Crippen LogP contribution in [-0.4, -0.2) is 23.3 Å². The second-order valence-corrected chi connectivity index (χ2v) is 12.6. The minimum Gasteiger partial charge on any atom is -0.359 e. The van der Waals surface area contributed by atoms with Crippen LogP contribution in [0.15, 0.2) is 65.8 Å². The third-order valence-corrected chi connectivity index (χ3v) is 10.4. The van der Waals surface area contributed by atoms with Crippen molar-refractivity contribution in [3.8, 4) is 0 Å². The quantitative estimate of drug-likeness (QED) is 0.521. The van der Waals surface area contributed by atoms with E-state index in [-0.39, 0.29) is 16.6 Å². The second-order valence-electron chi connectivity index (χ2n) is 12.6. The Bertz CT molecular complexity index is 1210. The number of nitrogens with one attached hydrogen (secondary N) is 1. The summed E-state index contributed by atoms with van der Waals surface area (Å²) in [4.78, 5) is 0. The van der Waals surface area contributed by atoms with Gasteiger partial charge in [-0.25, -0.2) is 0 Å². The molecule has 2 saturated carbocycles. The number of allylic oxidation sites excluding steroid dienone is 1. The first-order chi connectivity index (χ1) is 16.4. The van der Waals surface area contributed by atoms with Gasteiger partial charge in [-0.2, -0.15) is 0 Å². The Balaban J connectivity index is 1.25. The van der Waals surface area contributed by atoms with E-state index >= 15 is 0 Å². The van der Waals surface area contributed by atoms with Gasteiger partial charge in [0, 0.05) is 12.1 Å². The first-order valence-electron chi connectivity index (χ1n) is 13.8. The number of ether oxygens (including phenoxy) is 1. The minimum atomic E-state index is -0.0538. The van der Waals surface area contributed by atoms with Crippen LogP contribution in [0.4, 0.5) is 0 Å². The van der Waals surface area contributed by atoms with Crippen LogP contribution in [0.3, 0.4) is 0 Å². The molecule has 5 aliphatic rings. The van der Waals surface area contributed by atoms with Crippen molar-refractivity contribution in [3.05, 3.63) is 71.3 Å². The van der Waals surface area contributed by atoms with E-state index in [1.807, 2.05) is 0 Å². The monoisotopic (exact) mass is 453 g/mol. The fourth-order valence-corrected chi connectivity index (χ4v) is 8.99. The largest absolute Gasteiger partial charge is 0.359 e. The lowest BCUT2D eigenvalue weighted by atomic mass is 9.58. The van der Waals surface area contributed by atoms with Crippen molar-refractivity contribution in [2.45, 2.75) is 101 Å². The molecule has 2 heteroatoms. The molecule has 0 aromatic heterocycles. The molecular formula is C32H39NO. The Hall–Kier alpha value is -1.90. The number of fused-ring (bicyclic) bond motifs is 2. The highest BCUT2D eigenvalue weighted by molar-refractivity contribution is 5.83. The summed E-state index contributed by atoms with van der Waals surface area (Å²) in [7, 11) is 0. The van der Waals surface area contributed by atoms with Gasteiger partial charge in [0.1, 0.15) is 0 Å². The summed E-state index contributed by atoms with van der Waals surface area (Å²) in [6.45, 7) is 7.14. The fourth-order valence-electron chi connectivity index (χ4n) is 8.99. The van der Waals surface area contributed by atoms with E-state index in [4.69, 9.17) is 4.74 Å². The van der Waals surface area contributed by atoms with E-state index in [1.54, 1.807) is 5.57 Å². The van der Waals surface area contributed by atoms with Crippen LogP contribution in [0.1, 0.15) is 83.6 Å². The summed E-state index contributed by atoms with van der Waals surface area (Å²) in [5.41, 5.74) is 4.88. The van der Waals surface area contributed by atoms with Gasteiger partial charge in [0.25, 0.3) is 0 Å². The zero-order valence-corrected chi connectivity index (χ0v) is 21.1. The maximum absolute atomic E-state index is 7.45. The zero-order valence-electron chi connectivity index (χ0n) is 21.1. The van der Waals surface area contributed by atoms with E-state index in [2.05, 4.69) is 80.7 Å². The molecule has 178 valence electrons. The standard InChI is InChI=1S/C32H39NO/c1-21(2)33-27-11-10-25-19-26-14-15-30(3)28(24-9-8-22-6-4-5-7-23(22)18-24)12-13-29(30)32(26)17-16-31(25,20-27)34-32/h4-9,14,18-19,21,27-29,33H,10-13,15-17,20H2,1-3H3/t27-,28-,29-,30-,31-,32-/m1/s1. The molecule has 0 unspecified atom stereocenters. The van der Waals surface area contributed by atoms with Crippen molar-refractivity contribution in [1.82, 2.24) is 5.32 Å².